The number of hydrogen-bond acceptors (Lipinski definition) is 8. The number of anilines is 2. The number of benzene rings is 6. The summed E-state index contributed by atoms with van der Waals surface area (Å²) >= 11 is 0. The molecular formula is C33H24N6O2. The highest BCUT2D eigenvalue weighted by Gasteiger charge is 2.09. The molecule has 0 bridgehead atoms. The van der Waals surface area contributed by atoms with E-state index in [1.165, 1.54) is 0 Å². The molecule has 0 aliphatic carbocycles. The Hall–Kier alpha value is -5.89. The van der Waals surface area contributed by atoms with Gasteiger partial charge in [-0.05, 0) is 72.8 Å². The molecule has 6 aromatic rings. The SMILES string of the molecule is Nc1ccc(N=Nc2ccc(OC(=O)c3ccc(N=Nc4ccc(N)c5ccccc45)cc3)cc2)c2ccccc12. The fourth-order valence-corrected chi connectivity index (χ4v) is 4.42. The number of azo groups is 2. The van der Waals surface area contributed by atoms with E-state index in [9.17, 15) is 4.79 Å². The minimum atomic E-state index is -0.485. The van der Waals surface area contributed by atoms with E-state index in [0.717, 1.165) is 27.2 Å². The Morgan fingerprint density at radius 2 is 0.927 bits per heavy atom. The molecule has 4 N–H and O–H groups in total. The Morgan fingerprint density at radius 1 is 0.488 bits per heavy atom. The molecule has 0 aromatic heterocycles. The standard InChI is InChI=1S/C33H24N6O2/c34-29-17-19-31(27-7-3-1-5-25(27)29)38-36-22-11-9-21(10-12-22)33(40)41-24-15-13-23(14-16-24)37-39-32-20-18-30(35)26-6-2-4-8-28(26)32/h1-20H,34-35H2. The largest absolute Gasteiger partial charge is 0.423 e. The van der Waals surface area contributed by atoms with Crippen LogP contribution < -0.4 is 16.2 Å². The summed E-state index contributed by atoms with van der Waals surface area (Å²) in [4.78, 5) is 12.7. The van der Waals surface area contributed by atoms with Crippen LogP contribution in [0.1, 0.15) is 10.4 Å². The van der Waals surface area contributed by atoms with Gasteiger partial charge in [-0.1, -0.05) is 48.5 Å². The number of ether oxygens (including phenoxy) is 1. The molecule has 0 amide bonds. The molecule has 0 aliphatic heterocycles. The molecule has 0 spiro atoms. The van der Waals surface area contributed by atoms with Crippen molar-refractivity contribution in [3.63, 3.8) is 0 Å². The predicted octanol–water partition coefficient (Wildman–Crippen LogP) is 9.21. The molecule has 0 heterocycles. The third-order valence-electron chi connectivity index (χ3n) is 6.57. The average molecular weight is 537 g/mol. The number of nitrogens with zero attached hydrogens (tertiary/aromatic N) is 4. The number of hydrogen-bond donors (Lipinski definition) is 2. The summed E-state index contributed by atoms with van der Waals surface area (Å²) in [6.07, 6.45) is 0. The first-order valence-electron chi connectivity index (χ1n) is 12.9. The molecule has 0 radical (unpaired) electrons. The van der Waals surface area contributed by atoms with Gasteiger partial charge in [0.2, 0.25) is 0 Å². The first kappa shape index (κ1) is 25.4. The summed E-state index contributed by atoms with van der Waals surface area (Å²) in [6.45, 7) is 0. The van der Waals surface area contributed by atoms with E-state index in [-0.39, 0.29) is 0 Å². The molecule has 8 nitrogen and oxygen atoms in total. The molecule has 0 fully saturated rings. The van der Waals surface area contributed by atoms with Crippen LogP contribution in [0.2, 0.25) is 0 Å². The zero-order valence-electron chi connectivity index (χ0n) is 21.8. The summed E-state index contributed by atoms with van der Waals surface area (Å²) in [5, 5.41) is 21.1. The number of fused-ring (bicyclic) bond motifs is 2. The van der Waals surface area contributed by atoms with Gasteiger partial charge in [-0.2, -0.15) is 10.2 Å². The van der Waals surface area contributed by atoms with Crippen LogP contribution in [0.15, 0.2) is 142 Å². The highest BCUT2D eigenvalue weighted by atomic mass is 16.5. The van der Waals surface area contributed by atoms with Crippen LogP contribution in [-0.4, -0.2) is 5.97 Å². The van der Waals surface area contributed by atoms with E-state index in [4.69, 9.17) is 16.2 Å². The van der Waals surface area contributed by atoms with Gasteiger partial charge in [0.1, 0.15) is 5.75 Å². The number of carbonyl (C=O) groups excluding carboxylic acids is 1. The summed E-state index contributed by atoms with van der Waals surface area (Å²) in [5.41, 5.74) is 16.6. The van der Waals surface area contributed by atoms with E-state index in [1.807, 2.05) is 72.8 Å². The molecule has 8 heteroatoms. The second kappa shape index (κ2) is 11.1. The normalized spacial score (nSPS) is 11.5. The summed E-state index contributed by atoms with van der Waals surface area (Å²) in [6, 6.07) is 36.4. The van der Waals surface area contributed by atoms with Crippen LogP contribution in [0.5, 0.6) is 5.75 Å². The number of nitrogens with two attached hydrogens (primary N) is 2. The van der Waals surface area contributed by atoms with E-state index in [1.54, 1.807) is 48.5 Å². The molecule has 0 atom stereocenters. The zero-order valence-corrected chi connectivity index (χ0v) is 21.8. The van der Waals surface area contributed by atoms with E-state index >= 15 is 0 Å². The molecule has 41 heavy (non-hydrogen) atoms. The Kier molecular flexibility index (Phi) is 6.86. The van der Waals surface area contributed by atoms with Gasteiger partial charge in [0.15, 0.2) is 0 Å². The maximum Gasteiger partial charge on any atom is 0.343 e. The second-order valence-electron chi connectivity index (χ2n) is 9.27. The van der Waals surface area contributed by atoms with Crippen molar-refractivity contribution in [2.45, 2.75) is 0 Å². The molecule has 6 aromatic carbocycles. The third-order valence-corrected chi connectivity index (χ3v) is 6.57. The minimum absolute atomic E-state index is 0.390. The van der Waals surface area contributed by atoms with Crippen molar-refractivity contribution in [3.05, 3.63) is 127 Å². The van der Waals surface area contributed by atoms with Crippen molar-refractivity contribution in [2.75, 3.05) is 11.5 Å². The van der Waals surface area contributed by atoms with Crippen molar-refractivity contribution in [1.82, 2.24) is 0 Å². The fourth-order valence-electron chi connectivity index (χ4n) is 4.42. The van der Waals surface area contributed by atoms with Gasteiger partial charge in [-0.3, -0.25) is 0 Å². The number of carbonyl (C=O) groups is 1. The smallest absolute Gasteiger partial charge is 0.343 e. The summed E-state index contributed by atoms with van der Waals surface area (Å²) in [5.74, 6) is -0.0911. The molecule has 0 saturated heterocycles. The maximum atomic E-state index is 12.7. The zero-order chi connectivity index (χ0) is 28.2. The van der Waals surface area contributed by atoms with Gasteiger partial charge in [-0.25, -0.2) is 4.79 Å². The van der Waals surface area contributed by atoms with Crippen molar-refractivity contribution < 1.29 is 9.53 Å². The molecule has 0 aliphatic rings. The lowest BCUT2D eigenvalue weighted by molar-refractivity contribution is 0.0735. The van der Waals surface area contributed by atoms with Gasteiger partial charge in [-0.15, -0.1) is 10.2 Å². The molecule has 0 saturated carbocycles. The van der Waals surface area contributed by atoms with Gasteiger partial charge in [0.05, 0.1) is 28.3 Å². The third kappa shape index (κ3) is 5.48. The Morgan fingerprint density at radius 3 is 1.41 bits per heavy atom. The van der Waals surface area contributed by atoms with Gasteiger partial charge in [0.25, 0.3) is 0 Å². The highest BCUT2D eigenvalue weighted by molar-refractivity contribution is 6.00. The second-order valence-corrected chi connectivity index (χ2v) is 9.27. The van der Waals surface area contributed by atoms with E-state index in [2.05, 4.69) is 20.5 Å². The van der Waals surface area contributed by atoms with Crippen LogP contribution in [0.4, 0.5) is 34.1 Å². The average Bonchev–Trinajstić information content (AvgIpc) is 3.02. The summed E-state index contributed by atoms with van der Waals surface area (Å²) in [7, 11) is 0. The number of rotatable bonds is 6. The lowest BCUT2D eigenvalue weighted by atomic mass is 10.1. The van der Waals surface area contributed by atoms with Crippen LogP contribution in [-0.2, 0) is 0 Å². The van der Waals surface area contributed by atoms with Crippen LogP contribution in [0.3, 0.4) is 0 Å². The molecule has 198 valence electrons. The van der Waals surface area contributed by atoms with E-state index in [0.29, 0.717) is 39.7 Å². The quantitative estimate of drug-likeness (QED) is 0.0951. The topological polar surface area (TPSA) is 128 Å². The van der Waals surface area contributed by atoms with Gasteiger partial charge >= 0.3 is 5.97 Å². The van der Waals surface area contributed by atoms with Crippen molar-refractivity contribution in [1.29, 1.82) is 0 Å². The molecular weight excluding hydrogens is 512 g/mol. The molecule has 6 rings (SSSR count). The monoisotopic (exact) mass is 536 g/mol. The first-order chi connectivity index (χ1) is 20.0. The van der Waals surface area contributed by atoms with Gasteiger partial charge < -0.3 is 16.2 Å². The Bertz CT molecular complexity index is 1950. The van der Waals surface area contributed by atoms with E-state index < -0.39 is 5.97 Å². The summed E-state index contributed by atoms with van der Waals surface area (Å²) < 4.78 is 5.53. The van der Waals surface area contributed by atoms with Crippen LogP contribution in [0, 0.1) is 0 Å². The maximum absolute atomic E-state index is 12.7. The predicted molar refractivity (Wildman–Crippen MR) is 163 cm³/mol. The Balaban J connectivity index is 1.11. The van der Waals surface area contributed by atoms with Crippen LogP contribution in [0.25, 0.3) is 21.5 Å². The lowest BCUT2D eigenvalue weighted by Crippen LogP contribution is -2.07. The lowest BCUT2D eigenvalue weighted by Gasteiger charge is -2.06. The minimum Gasteiger partial charge on any atom is -0.423 e. The van der Waals surface area contributed by atoms with Crippen molar-refractivity contribution in [3.8, 4) is 5.75 Å². The molecule has 0 unspecified atom stereocenters. The highest BCUT2D eigenvalue weighted by Crippen LogP contribution is 2.33. The van der Waals surface area contributed by atoms with Crippen LogP contribution >= 0.6 is 0 Å². The van der Waals surface area contributed by atoms with Crippen molar-refractivity contribution in [2.24, 2.45) is 20.5 Å². The number of esters is 1. The number of nitrogen functional groups attached to an aromatic ring is 2. The Labute approximate surface area is 235 Å². The fraction of sp³-hybridized carbons (Fsp3) is 0. The first-order valence-corrected chi connectivity index (χ1v) is 12.9. The van der Waals surface area contributed by atoms with Gasteiger partial charge in [0, 0.05) is 32.9 Å². The van der Waals surface area contributed by atoms with Crippen molar-refractivity contribution >= 4 is 61.6 Å².